The van der Waals surface area contributed by atoms with E-state index in [1.807, 2.05) is 12.3 Å². The van der Waals surface area contributed by atoms with E-state index >= 15 is 0 Å². The van der Waals surface area contributed by atoms with Crippen molar-refractivity contribution in [2.24, 2.45) is 0 Å². The molecule has 0 saturated heterocycles. The number of aromatic hydroxyl groups is 1. The average Bonchev–Trinajstić information content (AvgIpc) is 3.53. The molecule has 0 bridgehead atoms. The largest absolute Gasteiger partial charge is 0.507 e. The van der Waals surface area contributed by atoms with Crippen LogP contribution in [0.25, 0.3) is 72.4 Å². The minimum atomic E-state index is -0.281. The van der Waals surface area contributed by atoms with Crippen LogP contribution in [0, 0.1) is 0 Å². The van der Waals surface area contributed by atoms with Crippen molar-refractivity contribution in [2.75, 3.05) is 0 Å². The summed E-state index contributed by atoms with van der Waals surface area (Å²) in [6, 6.07) is 46.6. The van der Waals surface area contributed by atoms with Crippen LogP contribution in [0.5, 0.6) is 5.75 Å². The molecule has 256 valence electrons. The molecule has 52 heavy (non-hydrogen) atoms. The zero-order valence-electron chi connectivity index (χ0n) is 30.6. The number of fused-ring (bicyclic) bond motifs is 2. The summed E-state index contributed by atoms with van der Waals surface area (Å²) in [5.41, 5.74) is 12.2. The van der Waals surface area contributed by atoms with Crippen LogP contribution in [0.15, 0.2) is 146 Å². The molecule has 0 saturated carbocycles. The summed E-state index contributed by atoms with van der Waals surface area (Å²) in [6.07, 6.45) is 3.98. The first kappa shape index (κ1) is 33.2. The molecule has 5 aromatic carbocycles. The van der Waals surface area contributed by atoms with Gasteiger partial charge in [-0.15, -0.1) is 0 Å². The van der Waals surface area contributed by atoms with Gasteiger partial charge >= 0.3 is 0 Å². The smallest absolute Gasteiger partial charge is 0.145 e. The predicted molar refractivity (Wildman–Crippen MR) is 217 cm³/mol. The van der Waals surface area contributed by atoms with Gasteiger partial charge in [0, 0.05) is 40.2 Å². The Balaban J connectivity index is 1.39. The molecule has 0 radical (unpaired) electrons. The van der Waals surface area contributed by atoms with Gasteiger partial charge in [0.2, 0.25) is 0 Å². The lowest BCUT2D eigenvalue weighted by molar-refractivity contribution is 0.446. The number of benzene rings is 5. The highest BCUT2D eigenvalue weighted by molar-refractivity contribution is 6.01. The van der Waals surface area contributed by atoms with E-state index in [0.717, 1.165) is 83.6 Å². The highest BCUT2D eigenvalue weighted by Crippen LogP contribution is 2.46. The van der Waals surface area contributed by atoms with Crippen LogP contribution in [0.4, 0.5) is 0 Å². The summed E-state index contributed by atoms with van der Waals surface area (Å²) < 4.78 is 2.20. The molecule has 8 rings (SSSR count). The second kappa shape index (κ2) is 12.6. The fourth-order valence-corrected chi connectivity index (χ4v) is 7.23. The molecule has 0 unspecified atom stereocenters. The zero-order valence-corrected chi connectivity index (χ0v) is 30.6. The van der Waals surface area contributed by atoms with E-state index in [9.17, 15) is 5.11 Å². The number of nitrogens with zero attached hydrogens (tertiary/aromatic N) is 3. The van der Waals surface area contributed by atoms with Crippen molar-refractivity contribution >= 4 is 16.4 Å². The second-order valence-electron chi connectivity index (χ2n) is 15.7. The number of rotatable bonds is 5. The first-order chi connectivity index (χ1) is 25.0. The van der Waals surface area contributed by atoms with Crippen LogP contribution in [0.2, 0.25) is 0 Å². The van der Waals surface area contributed by atoms with Crippen LogP contribution < -0.4 is 0 Å². The Kier molecular flexibility index (Phi) is 8.06. The Bertz CT molecular complexity index is 2600. The summed E-state index contributed by atoms with van der Waals surface area (Å²) in [5, 5.41) is 14.5. The van der Waals surface area contributed by atoms with Crippen LogP contribution in [-0.4, -0.2) is 19.5 Å². The van der Waals surface area contributed by atoms with E-state index in [-0.39, 0.29) is 16.6 Å². The molecule has 0 aliphatic heterocycles. The normalized spacial score (nSPS) is 12.1. The Morgan fingerprint density at radius 1 is 0.558 bits per heavy atom. The van der Waals surface area contributed by atoms with Crippen LogP contribution in [0.3, 0.4) is 0 Å². The fraction of sp³-hybridized carbons (Fsp3) is 0.167. The van der Waals surface area contributed by atoms with Crippen molar-refractivity contribution < 1.29 is 5.11 Å². The van der Waals surface area contributed by atoms with E-state index in [1.54, 1.807) is 0 Å². The highest BCUT2D eigenvalue weighted by Gasteiger charge is 2.29. The lowest BCUT2D eigenvalue weighted by atomic mass is 9.78. The van der Waals surface area contributed by atoms with Crippen LogP contribution in [0.1, 0.15) is 52.7 Å². The Labute approximate surface area is 306 Å². The minimum Gasteiger partial charge on any atom is -0.507 e. The van der Waals surface area contributed by atoms with Crippen molar-refractivity contribution in [1.82, 2.24) is 14.4 Å². The number of phenolic OH excluding ortho intramolecular Hbond substituents is 1. The van der Waals surface area contributed by atoms with Gasteiger partial charge in [0.05, 0.1) is 11.4 Å². The molecule has 0 atom stereocenters. The van der Waals surface area contributed by atoms with Crippen molar-refractivity contribution in [3.05, 3.63) is 157 Å². The average molecular weight is 678 g/mol. The first-order valence-corrected chi connectivity index (χ1v) is 18.0. The van der Waals surface area contributed by atoms with Crippen LogP contribution >= 0.6 is 0 Å². The van der Waals surface area contributed by atoms with E-state index in [1.165, 1.54) is 0 Å². The standard InChI is InChI=1S/C48H43N3O/c1-47(2,3)36-29-40(45(52)41(30-36)48(4,5)6)43-44(39-22-13-18-32-17-10-11-21-37(32)39)51-26-14-23-38(46(51)50-43)34-19-12-20-35(27-34)42-28-33(24-25-49-42)31-15-8-7-9-16-31/h7-30,52H,1-6H3. The summed E-state index contributed by atoms with van der Waals surface area (Å²) in [6.45, 7) is 13.1. The molecule has 0 aliphatic carbocycles. The number of hydrogen-bond donors (Lipinski definition) is 1. The zero-order chi connectivity index (χ0) is 36.2. The number of hydrogen-bond acceptors (Lipinski definition) is 3. The molecule has 0 fully saturated rings. The van der Waals surface area contributed by atoms with Crippen molar-refractivity contribution in [2.45, 2.75) is 52.4 Å². The van der Waals surface area contributed by atoms with Gasteiger partial charge in [-0.25, -0.2) is 4.98 Å². The Morgan fingerprint density at radius 2 is 1.25 bits per heavy atom. The minimum absolute atomic E-state index is 0.140. The second-order valence-corrected chi connectivity index (χ2v) is 15.7. The van der Waals surface area contributed by atoms with Gasteiger partial charge in [-0.3, -0.25) is 9.38 Å². The monoisotopic (exact) mass is 677 g/mol. The predicted octanol–water partition coefficient (Wildman–Crippen LogP) is 12.5. The third-order valence-electron chi connectivity index (χ3n) is 10.1. The summed E-state index contributed by atoms with van der Waals surface area (Å²) >= 11 is 0. The quantitative estimate of drug-likeness (QED) is 0.197. The molecule has 0 amide bonds. The number of phenols is 1. The number of pyridine rings is 2. The topological polar surface area (TPSA) is 50.4 Å². The van der Waals surface area contributed by atoms with Gasteiger partial charge in [0.1, 0.15) is 17.1 Å². The van der Waals surface area contributed by atoms with Gasteiger partial charge in [-0.05, 0) is 80.3 Å². The third kappa shape index (κ3) is 5.94. The Hall–Kier alpha value is -6.00. The molecule has 1 N–H and O–H groups in total. The lowest BCUT2D eigenvalue weighted by Gasteiger charge is -2.27. The molecule has 4 nitrogen and oxygen atoms in total. The molecule has 3 heterocycles. The molecule has 3 aromatic heterocycles. The number of imidazole rings is 1. The molecule has 8 aromatic rings. The lowest BCUT2D eigenvalue weighted by Crippen LogP contribution is -2.17. The molecule has 4 heteroatoms. The highest BCUT2D eigenvalue weighted by atomic mass is 16.3. The molecular weight excluding hydrogens is 635 g/mol. The van der Waals surface area contributed by atoms with E-state index in [4.69, 9.17) is 9.97 Å². The van der Waals surface area contributed by atoms with E-state index in [0.29, 0.717) is 0 Å². The maximum atomic E-state index is 12.2. The molecule has 0 aliphatic rings. The maximum Gasteiger partial charge on any atom is 0.145 e. The number of aromatic nitrogens is 3. The van der Waals surface area contributed by atoms with E-state index in [2.05, 4.69) is 180 Å². The summed E-state index contributed by atoms with van der Waals surface area (Å²) in [5.74, 6) is 0.276. The van der Waals surface area contributed by atoms with Gasteiger partial charge < -0.3 is 5.11 Å². The first-order valence-electron chi connectivity index (χ1n) is 18.0. The summed E-state index contributed by atoms with van der Waals surface area (Å²) in [4.78, 5) is 10.3. The SMILES string of the molecule is CC(C)(C)c1cc(-c2nc3c(-c4cccc(-c5cc(-c6ccccc6)ccn5)c4)cccn3c2-c2cccc3ccccc23)c(O)c(C(C)(C)C)c1. The van der Waals surface area contributed by atoms with E-state index < -0.39 is 0 Å². The van der Waals surface area contributed by atoms with Crippen molar-refractivity contribution in [3.8, 4) is 61.8 Å². The fourth-order valence-electron chi connectivity index (χ4n) is 7.23. The van der Waals surface area contributed by atoms with Gasteiger partial charge in [-0.1, -0.05) is 139 Å². The van der Waals surface area contributed by atoms with Crippen molar-refractivity contribution in [1.29, 1.82) is 0 Å². The van der Waals surface area contributed by atoms with Gasteiger partial charge in [0.25, 0.3) is 0 Å². The molecule has 0 spiro atoms. The Morgan fingerprint density at radius 3 is 2.04 bits per heavy atom. The molecular formula is C48H43N3O. The van der Waals surface area contributed by atoms with Crippen LogP contribution in [-0.2, 0) is 10.8 Å². The summed E-state index contributed by atoms with van der Waals surface area (Å²) in [7, 11) is 0. The van der Waals surface area contributed by atoms with Crippen molar-refractivity contribution in [3.63, 3.8) is 0 Å². The maximum absolute atomic E-state index is 12.2. The van der Waals surface area contributed by atoms with Gasteiger partial charge in [-0.2, -0.15) is 0 Å². The third-order valence-corrected chi connectivity index (χ3v) is 10.1. The van der Waals surface area contributed by atoms with Gasteiger partial charge in [0.15, 0.2) is 0 Å².